The first-order valence-electron chi connectivity index (χ1n) is 7.78. The summed E-state index contributed by atoms with van der Waals surface area (Å²) >= 11 is 1.58. The maximum absolute atomic E-state index is 11.9. The van der Waals surface area contributed by atoms with Crippen LogP contribution in [-0.4, -0.2) is 29.4 Å². The van der Waals surface area contributed by atoms with E-state index in [0.29, 0.717) is 6.61 Å². The fourth-order valence-electron chi connectivity index (χ4n) is 2.58. The predicted octanol–water partition coefficient (Wildman–Crippen LogP) is 2.83. The number of hydrogen-bond donors (Lipinski definition) is 1. The third kappa shape index (κ3) is 4.07. The standard InChI is InChI=1S/C17H20N2O3S/c1-21-12-6-8-13(9-7-12)22-10-3-11-23-17-18-15-5-2-4-14(15)16(20)19-17/h6-9H,2-5,10-11H2,1H3,(H,18,19,20). The Morgan fingerprint density at radius 2 is 2.00 bits per heavy atom. The van der Waals surface area contributed by atoms with Crippen molar-refractivity contribution in [1.29, 1.82) is 0 Å². The molecular formula is C17H20N2O3S. The molecule has 0 amide bonds. The number of aryl methyl sites for hydroxylation is 1. The van der Waals surface area contributed by atoms with Crippen LogP contribution in [0.1, 0.15) is 24.1 Å². The number of fused-ring (bicyclic) bond motifs is 1. The molecule has 1 aromatic heterocycles. The van der Waals surface area contributed by atoms with Crippen LogP contribution in [0, 0.1) is 0 Å². The summed E-state index contributed by atoms with van der Waals surface area (Å²) in [5, 5.41) is 0.722. The molecule has 23 heavy (non-hydrogen) atoms. The molecule has 0 bridgehead atoms. The van der Waals surface area contributed by atoms with Crippen LogP contribution in [0.3, 0.4) is 0 Å². The summed E-state index contributed by atoms with van der Waals surface area (Å²) in [7, 11) is 1.64. The van der Waals surface area contributed by atoms with E-state index in [4.69, 9.17) is 9.47 Å². The van der Waals surface area contributed by atoms with Crippen LogP contribution < -0.4 is 15.0 Å². The third-order valence-corrected chi connectivity index (χ3v) is 4.73. The highest BCUT2D eigenvalue weighted by atomic mass is 32.2. The summed E-state index contributed by atoms with van der Waals surface area (Å²) in [6.07, 6.45) is 3.71. The van der Waals surface area contributed by atoms with Gasteiger partial charge in [-0.1, -0.05) is 11.8 Å². The molecule has 0 unspecified atom stereocenters. The maximum Gasteiger partial charge on any atom is 0.254 e. The van der Waals surface area contributed by atoms with Crippen LogP contribution >= 0.6 is 11.8 Å². The minimum atomic E-state index is 0.0319. The molecule has 0 saturated carbocycles. The van der Waals surface area contributed by atoms with Crippen molar-refractivity contribution in [2.45, 2.75) is 30.8 Å². The summed E-state index contributed by atoms with van der Waals surface area (Å²) in [5.41, 5.74) is 1.88. The molecule has 6 heteroatoms. The number of methoxy groups -OCH3 is 1. The molecule has 5 nitrogen and oxygen atoms in total. The van der Waals surface area contributed by atoms with E-state index in [2.05, 4.69) is 9.97 Å². The largest absolute Gasteiger partial charge is 0.497 e. The maximum atomic E-state index is 11.9. The molecule has 0 fully saturated rings. The fraction of sp³-hybridized carbons (Fsp3) is 0.412. The van der Waals surface area contributed by atoms with Crippen LogP contribution in [0.4, 0.5) is 0 Å². The van der Waals surface area contributed by atoms with E-state index < -0.39 is 0 Å². The molecule has 1 N–H and O–H groups in total. The number of H-pyrrole nitrogens is 1. The number of ether oxygens (including phenoxy) is 2. The van der Waals surface area contributed by atoms with Crippen molar-refractivity contribution in [3.63, 3.8) is 0 Å². The highest BCUT2D eigenvalue weighted by molar-refractivity contribution is 7.99. The lowest BCUT2D eigenvalue weighted by molar-refractivity contribution is 0.318. The fourth-order valence-corrected chi connectivity index (χ4v) is 3.37. The second-order valence-electron chi connectivity index (χ2n) is 5.38. The molecule has 0 radical (unpaired) electrons. The lowest BCUT2D eigenvalue weighted by atomic mass is 10.3. The number of aromatic nitrogens is 2. The number of thioether (sulfide) groups is 1. The van der Waals surface area contributed by atoms with Gasteiger partial charge in [-0.3, -0.25) is 4.79 Å². The second kappa shape index (κ2) is 7.55. The first-order valence-corrected chi connectivity index (χ1v) is 8.76. The molecule has 1 aromatic carbocycles. The predicted molar refractivity (Wildman–Crippen MR) is 90.7 cm³/mol. The topological polar surface area (TPSA) is 64.2 Å². The van der Waals surface area contributed by atoms with Crippen molar-refractivity contribution >= 4 is 11.8 Å². The molecule has 1 aliphatic rings. The Morgan fingerprint density at radius 3 is 2.78 bits per heavy atom. The van der Waals surface area contributed by atoms with Gasteiger partial charge < -0.3 is 14.5 Å². The van der Waals surface area contributed by atoms with E-state index in [-0.39, 0.29) is 5.56 Å². The summed E-state index contributed by atoms with van der Waals surface area (Å²) < 4.78 is 10.8. The Labute approximate surface area is 139 Å². The summed E-state index contributed by atoms with van der Waals surface area (Å²) in [6.45, 7) is 0.633. The first kappa shape index (κ1) is 15.9. The number of aromatic amines is 1. The first-order chi connectivity index (χ1) is 11.3. The highest BCUT2D eigenvalue weighted by Crippen LogP contribution is 2.20. The Bertz CT molecular complexity index is 713. The van der Waals surface area contributed by atoms with Crippen LogP contribution in [0.25, 0.3) is 0 Å². The van der Waals surface area contributed by atoms with Gasteiger partial charge in [-0.05, 0) is 49.9 Å². The van der Waals surface area contributed by atoms with Crippen molar-refractivity contribution in [2.24, 2.45) is 0 Å². The molecule has 1 aliphatic carbocycles. The van der Waals surface area contributed by atoms with Gasteiger partial charge >= 0.3 is 0 Å². The van der Waals surface area contributed by atoms with E-state index in [0.717, 1.165) is 59.3 Å². The smallest absolute Gasteiger partial charge is 0.254 e. The molecule has 0 saturated heterocycles. The number of hydrogen-bond acceptors (Lipinski definition) is 5. The van der Waals surface area contributed by atoms with Gasteiger partial charge in [-0.25, -0.2) is 4.98 Å². The number of nitrogens with one attached hydrogen (secondary N) is 1. The average molecular weight is 332 g/mol. The van der Waals surface area contributed by atoms with E-state index in [9.17, 15) is 4.79 Å². The number of rotatable bonds is 7. The van der Waals surface area contributed by atoms with Crippen molar-refractivity contribution in [3.8, 4) is 11.5 Å². The van der Waals surface area contributed by atoms with E-state index >= 15 is 0 Å². The Balaban J connectivity index is 1.43. The molecule has 0 spiro atoms. The summed E-state index contributed by atoms with van der Waals surface area (Å²) in [5.74, 6) is 2.51. The lowest BCUT2D eigenvalue weighted by Gasteiger charge is -2.07. The zero-order valence-electron chi connectivity index (χ0n) is 13.1. The van der Waals surface area contributed by atoms with Crippen molar-refractivity contribution in [3.05, 3.63) is 45.9 Å². The van der Waals surface area contributed by atoms with Gasteiger partial charge in [0.15, 0.2) is 5.16 Å². The molecular weight excluding hydrogens is 312 g/mol. The third-order valence-electron chi connectivity index (χ3n) is 3.78. The number of nitrogens with zero attached hydrogens (tertiary/aromatic N) is 1. The molecule has 2 aromatic rings. The van der Waals surface area contributed by atoms with Crippen molar-refractivity contribution in [2.75, 3.05) is 19.5 Å². The molecule has 0 atom stereocenters. The lowest BCUT2D eigenvalue weighted by Crippen LogP contribution is -2.15. The van der Waals surface area contributed by atoms with Crippen molar-refractivity contribution < 1.29 is 9.47 Å². The zero-order valence-corrected chi connectivity index (χ0v) is 13.9. The number of benzene rings is 1. The van der Waals surface area contributed by atoms with Crippen LogP contribution in [0.15, 0.2) is 34.2 Å². The zero-order chi connectivity index (χ0) is 16.1. The minimum absolute atomic E-state index is 0.0319. The Hall–Kier alpha value is -1.95. The SMILES string of the molecule is COc1ccc(OCCCSc2nc3c(c(=O)[nH]2)CCC3)cc1. The summed E-state index contributed by atoms with van der Waals surface area (Å²) in [6, 6.07) is 7.55. The second-order valence-corrected chi connectivity index (χ2v) is 6.46. The Kier molecular flexibility index (Phi) is 5.23. The monoisotopic (exact) mass is 332 g/mol. The van der Waals surface area contributed by atoms with Gasteiger partial charge in [-0.2, -0.15) is 0 Å². The van der Waals surface area contributed by atoms with Gasteiger partial charge in [0.05, 0.1) is 19.4 Å². The van der Waals surface area contributed by atoms with Crippen LogP contribution in [0.2, 0.25) is 0 Å². The average Bonchev–Trinajstić information content (AvgIpc) is 3.04. The molecule has 1 heterocycles. The van der Waals surface area contributed by atoms with E-state index in [1.807, 2.05) is 24.3 Å². The molecule has 3 rings (SSSR count). The molecule has 0 aliphatic heterocycles. The minimum Gasteiger partial charge on any atom is -0.497 e. The molecule has 122 valence electrons. The van der Waals surface area contributed by atoms with Gasteiger partial charge in [0.1, 0.15) is 11.5 Å². The van der Waals surface area contributed by atoms with E-state index in [1.165, 1.54) is 0 Å². The van der Waals surface area contributed by atoms with Gasteiger partial charge in [-0.15, -0.1) is 0 Å². The quantitative estimate of drug-likeness (QED) is 0.480. The highest BCUT2D eigenvalue weighted by Gasteiger charge is 2.16. The normalized spacial score (nSPS) is 12.9. The summed E-state index contributed by atoms with van der Waals surface area (Å²) in [4.78, 5) is 19.3. The van der Waals surface area contributed by atoms with E-state index in [1.54, 1.807) is 18.9 Å². The van der Waals surface area contributed by atoms with Gasteiger partial charge in [0.2, 0.25) is 0 Å². The van der Waals surface area contributed by atoms with Gasteiger partial charge in [0.25, 0.3) is 5.56 Å². The Morgan fingerprint density at radius 1 is 1.22 bits per heavy atom. The van der Waals surface area contributed by atoms with Crippen LogP contribution in [-0.2, 0) is 12.8 Å². The van der Waals surface area contributed by atoms with Crippen molar-refractivity contribution in [1.82, 2.24) is 9.97 Å². The van der Waals surface area contributed by atoms with Crippen LogP contribution in [0.5, 0.6) is 11.5 Å². The van der Waals surface area contributed by atoms with Gasteiger partial charge in [0, 0.05) is 11.3 Å².